The largest absolute Gasteiger partial charge is 0.376 e. The molecule has 0 heterocycles. The van der Waals surface area contributed by atoms with Crippen molar-refractivity contribution in [3.8, 4) is 11.8 Å². The van der Waals surface area contributed by atoms with Crippen LogP contribution in [0.15, 0.2) is 71.6 Å². The van der Waals surface area contributed by atoms with E-state index in [1.165, 1.54) is 0 Å². The zero-order valence-electron chi connectivity index (χ0n) is 15.0. The van der Waals surface area contributed by atoms with Crippen LogP contribution in [-0.4, -0.2) is 20.1 Å². The third-order valence-corrected chi connectivity index (χ3v) is 5.71. The quantitative estimate of drug-likeness (QED) is 0.526. The predicted molar refractivity (Wildman–Crippen MR) is 108 cm³/mol. The predicted octanol–water partition coefficient (Wildman–Crippen LogP) is 3.55. The van der Waals surface area contributed by atoms with Gasteiger partial charge in [-0.15, -0.1) is 0 Å². The molecule has 27 heavy (non-hydrogen) atoms. The van der Waals surface area contributed by atoms with Crippen molar-refractivity contribution in [2.45, 2.75) is 24.3 Å². The molecule has 138 valence electrons. The van der Waals surface area contributed by atoms with Gasteiger partial charge in [0.1, 0.15) is 6.10 Å². The van der Waals surface area contributed by atoms with E-state index in [1.54, 1.807) is 24.3 Å². The van der Waals surface area contributed by atoms with Crippen LogP contribution in [0.5, 0.6) is 0 Å². The minimum Gasteiger partial charge on any atom is -0.376 e. The van der Waals surface area contributed by atoms with Gasteiger partial charge in [-0.2, -0.15) is 0 Å². The van der Waals surface area contributed by atoms with E-state index in [0.717, 1.165) is 21.9 Å². The van der Waals surface area contributed by atoms with Gasteiger partial charge in [-0.25, -0.2) is 13.1 Å². The van der Waals surface area contributed by atoms with E-state index in [9.17, 15) is 13.5 Å². The third kappa shape index (κ3) is 4.75. The Bertz CT molecular complexity index is 1090. The summed E-state index contributed by atoms with van der Waals surface area (Å²) in [6.45, 7) is 2.09. The molecule has 5 heteroatoms. The first-order valence-electron chi connectivity index (χ1n) is 8.68. The van der Waals surface area contributed by atoms with Crippen molar-refractivity contribution in [3.63, 3.8) is 0 Å². The van der Waals surface area contributed by atoms with Gasteiger partial charge < -0.3 is 5.11 Å². The molecule has 3 rings (SSSR count). The molecule has 0 aliphatic carbocycles. The summed E-state index contributed by atoms with van der Waals surface area (Å²) in [5, 5.41) is 12.4. The second-order valence-electron chi connectivity index (χ2n) is 6.25. The lowest BCUT2D eigenvalue weighted by atomic mass is 10.0. The summed E-state index contributed by atoms with van der Waals surface area (Å²) in [5.74, 6) is 5.65. The van der Waals surface area contributed by atoms with Crippen molar-refractivity contribution in [1.82, 2.24) is 4.72 Å². The first kappa shape index (κ1) is 19.1. The highest BCUT2D eigenvalue weighted by atomic mass is 32.2. The van der Waals surface area contributed by atoms with Crippen LogP contribution < -0.4 is 4.72 Å². The molecular formula is C22H21NO3S. The molecule has 3 aromatic carbocycles. The second-order valence-corrected chi connectivity index (χ2v) is 8.02. The van der Waals surface area contributed by atoms with E-state index >= 15 is 0 Å². The SMILES string of the molecule is Cc1ccc(S(=O)(=O)NCCC#CC(O)c2cccc3ccccc23)cc1. The average molecular weight is 379 g/mol. The van der Waals surface area contributed by atoms with Crippen molar-refractivity contribution >= 4 is 20.8 Å². The molecule has 0 radical (unpaired) electrons. The first-order valence-corrected chi connectivity index (χ1v) is 10.2. The molecule has 0 fully saturated rings. The number of benzene rings is 3. The maximum atomic E-state index is 12.2. The number of rotatable bonds is 5. The Morgan fingerprint density at radius 1 is 1.00 bits per heavy atom. The van der Waals surface area contributed by atoms with Gasteiger partial charge >= 0.3 is 0 Å². The molecule has 0 bridgehead atoms. The second kappa shape index (κ2) is 8.36. The standard InChI is InChI=1S/C22H21NO3S/c1-17-12-14-19(15-13-17)27(25,26)23-16-5-4-11-22(24)21-10-6-8-18-7-2-3-9-20(18)21/h2-3,6-10,12-15,22-24H,5,16H2,1H3. The van der Waals surface area contributed by atoms with Crippen LogP contribution in [0.4, 0.5) is 0 Å². The number of aliphatic hydroxyl groups is 1. The number of hydrogen-bond acceptors (Lipinski definition) is 3. The summed E-state index contributed by atoms with van der Waals surface area (Å²) in [5.41, 5.74) is 1.75. The van der Waals surface area contributed by atoms with Gasteiger partial charge in [0.15, 0.2) is 0 Å². The molecular weight excluding hydrogens is 358 g/mol. The van der Waals surface area contributed by atoms with Gasteiger partial charge in [-0.1, -0.05) is 72.0 Å². The summed E-state index contributed by atoms with van der Waals surface area (Å²) in [6.07, 6.45) is -0.600. The monoisotopic (exact) mass is 379 g/mol. The van der Waals surface area contributed by atoms with Crippen LogP contribution in [0.25, 0.3) is 10.8 Å². The van der Waals surface area contributed by atoms with Crippen molar-refractivity contribution in [3.05, 3.63) is 77.9 Å². The Morgan fingerprint density at radius 2 is 1.70 bits per heavy atom. The molecule has 0 aliphatic rings. The van der Waals surface area contributed by atoms with Crippen molar-refractivity contribution in [2.24, 2.45) is 0 Å². The summed E-state index contributed by atoms with van der Waals surface area (Å²) >= 11 is 0. The van der Waals surface area contributed by atoms with E-state index in [-0.39, 0.29) is 11.4 Å². The minimum absolute atomic E-state index is 0.186. The molecule has 0 amide bonds. The molecule has 1 unspecified atom stereocenters. The molecule has 0 saturated heterocycles. The van der Waals surface area contributed by atoms with E-state index in [0.29, 0.717) is 6.42 Å². The van der Waals surface area contributed by atoms with Gasteiger partial charge in [0.05, 0.1) is 4.90 Å². The highest BCUT2D eigenvalue weighted by Crippen LogP contribution is 2.23. The maximum Gasteiger partial charge on any atom is 0.240 e. The Labute approximate surface area is 159 Å². The Morgan fingerprint density at radius 3 is 2.48 bits per heavy atom. The lowest BCUT2D eigenvalue weighted by Crippen LogP contribution is -2.24. The Hall–Kier alpha value is -2.65. The van der Waals surface area contributed by atoms with Crippen LogP contribution in [0.2, 0.25) is 0 Å². The van der Waals surface area contributed by atoms with Gasteiger partial charge in [0.25, 0.3) is 0 Å². The molecule has 2 N–H and O–H groups in total. The van der Waals surface area contributed by atoms with Crippen LogP contribution in [0.1, 0.15) is 23.7 Å². The van der Waals surface area contributed by atoms with E-state index in [1.807, 2.05) is 49.4 Å². The summed E-state index contributed by atoms with van der Waals surface area (Å²) in [4.78, 5) is 0.233. The summed E-state index contributed by atoms with van der Waals surface area (Å²) in [6, 6.07) is 20.2. The number of aliphatic hydroxyl groups excluding tert-OH is 1. The number of nitrogens with one attached hydrogen (secondary N) is 1. The van der Waals surface area contributed by atoms with Crippen LogP contribution in [0, 0.1) is 18.8 Å². The Kier molecular flexibility index (Phi) is 5.92. The summed E-state index contributed by atoms with van der Waals surface area (Å²) < 4.78 is 26.9. The smallest absolute Gasteiger partial charge is 0.240 e. The highest BCUT2D eigenvalue weighted by molar-refractivity contribution is 7.89. The zero-order valence-corrected chi connectivity index (χ0v) is 15.8. The lowest BCUT2D eigenvalue weighted by molar-refractivity contribution is 0.240. The van der Waals surface area contributed by atoms with Crippen molar-refractivity contribution in [2.75, 3.05) is 6.54 Å². The molecule has 4 nitrogen and oxygen atoms in total. The van der Waals surface area contributed by atoms with Crippen LogP contribution in [-0.2, 0) is 10.0 Å². The zero-order chi connectivity index (χ0) is 19.3. The van der Waals surface area contributed by atoms with Gasteiger partial charge in [-0.3, -0.25) is 0 Å². The minimum atomic E-state index is -3.54. The van der Waals surface area contributed by atoms with Gasteiger partial charge in [0, 0.05) is 18.5 Å². The van der Waals surface area contributed by atoms with Crippen molar-refractivity contribution < 1.29 is 13.5 Å². The fourth-order valence-electron chi connectivity index (χ4n) is 2.78. The van der Waals surface area contributed by atoms with E-state index < -0.39 is 16.1 Å². The topological polar surface area (TPSA) is 66.4 Å². The van der Waals surface area contributed by atoms with Gasteiger partial charge in [0.2, 0.25) is 10.0 Å². The Balaban J connectivity index is 1.61. The molecule has 0 aromatic heterocycles. The van der Waals surface area contributed by atoms with Crippen molar-refractivity contribution in [1.29, 1.82) is 0 Å². The van der Waals surface area contributed by atoms with Gasteiger partial charge in [-0.05, 0) is 29.8 Å². The fourth-order valence-corrected chi connectivity index (χ4v) is 3.82. The molecule has 0 saturated carbocycles. The van der Waals surface area contributed by atoms with Crippen LogP contribution in [0.3, 0.4) is 0 Å². The number of aryl methyl sites for hydroxylation is 1. The van der Waals surface area contributed by atoms with E-state index in [2.05, 4.69) is 16.6 Å². The van der Waals surface area contributed by atoms with Crippen LogP contribution >= 0.6 is 0 Å². The fraction of sp³-hybridized carbons (Fsp3) is 0.182. The maximum absolute atomic E-state index is 12.2. The molecule has 3 aromatic rings. The summed E-state index contributed by atoms with van der Waals surface area (Å²) in [7, 11) is -3.54. The molecule has 0 aliphatic heterocycles. The third-order valence-electron chi connectivity index (χ3n) is 4.23. The number of hydrogen-bond donors (Lipinski definition) is 2. The normalized spacial score (nSPS) is 12.4. The molecule has 0 spiro atoms. The lowest BCUT2D eigenvalue weighted by Gasteiger charge is -2.08. The number of fused-ring (bicyclic) bond motifs is 1. The first-order chi connectivity index (χ1) is 13.0. The highest BCUT2D eigenvalue weighted by Gasteiger charge is 2.12. The number of sulfonamides is 1. The van der Waals surface area contributed by atoms with E-state index in [4.69, 9.17) is 0 Å². The molecule has 1 atom stereocenters. The average Bonchev–Trinajstić information content (AvgIpc) is 2.67.